The van der Waals surface area contributed by atoms with Gasteiger partial charge in [-0.15, -0.1) is 0 Å². The third-order valence-electron chi connectivity index (χ3n) is 4.49. The molecule has 2 atom stereocenters. The maximum Gasteiger partial charge on any atom is 0.0605 e. The van der Waals surface area contributed by atoms with Gasteiger partial charge in [-0.1, -0.05) is 12.5 Å². The fraction of sp³-hybridized carbons (Fsp3) is 0.600. The van der Waals surface area contributed by atoms with Crippen LogP contribution in [0.4, 0.5) is 11.4 Å². The number of aryl methyl sites for hydroxylation is 1. The van der Waals surface area contributed by atoms with Crippen LogP contribution in [0.1, 0.15) is 37.7 Å². The minimum atomic E-state index is 0.757. The van der Waals surface area contributed by atoms with E-state index in [0.717, 1.165) is 17.6 Å². The summed E-state index contributed by atoms with van der Waals surface area (Å²) in [5.74, 6) is 0.920. The predicted molar refractivity (Wildman–Crippen MR) is 73.3 cm³/mol. The average molecular weight is 230 g/mol. The van der Waals surface area contributed by atoms with Crippen molar-refractivity contribution >= 4 is 11.4 Å². The molecule has 17 heavy (non-hydrogen) atoms. The first-order valence-corrected chi connectivity index (χ1v) is 6.88. The fourth-order valence-electron chi connectivity index (χ4n) is 3.66. The van der Waals surface area contributed by atoms with Gasteiger partial charge < -0.3 is 10.6 Å². The Bertz CT molecular complexity index is 413. The number of fused-ring (bicyclic) bond motifs is 1. The number of nitrogens with two attached hydrogens (primary N) is 1. The van der Waals surface area contributed by atoms with E-state index >= 15 is 0 Å². The van der Waals surface area contributed by atoms with Gasteiger partial charge in [0.2, 0.25) is 0 Å². The lowest BCUT2D eigenvalue weighted by Gasteiger charge is -2.40. The molecule has 2 heteroatoms. The SMILES string of the molecule is Cc1ccc(N)c(N2CCCC3CCCC32)c1. The number of hydrogen-bond donors (Lipinski definition) is 1. The predicted octanol–water partition coefficient (Wildman–Crippen LogP) is 3.35. The number of nitrogens with zero attached hydrogens (tertiary/aromatic N) is 1. The summed E-state index contributed by atoms with van der Waals surface area (Å²) in [5.41, 5.74) is 9.70. The monoisotopic (exact) mass is 230 g/mol. The molecule has 2 nitrogen and oxygen atoms in total. The standard InChI is InChI=1S/C15H22N2/c1-11-7-8-13(16)15(10-11)17-9-3-5-12-4-2-6-14(12)17/h7-8,10,12,14H,2-6,9,16H2,1H3. The summed E-state index contributed by atoms with van der Waals surface area (Å²) in [7, 11) is 0. The zero-order valence-corrected chi connectivity index (χ0v) is 10.7. The summed E-state index contributed by atoms with van der Waals surface area (Å²) >= 11 is 0. The van der Waals surface area contributed by atoms with Crippen molar-refractivity contribution in [3.05, 3.63) is 23.8 Å². The zero-order valence-electron chi connectivity index (χ0n) is 10.7. The van der Waals surface area contributed by atoms with Crippen LogP contribution < -0.4 is 10.6 Å². The number of anilines is 2. The molecule has 1 aromatic rings. The Balaban J connectivity index is 1.94. The van der Waals surface area contributed by atoms with Crippen LogP contribution in [0.15, 0.2) is 18.2 Å². The molecule has 1 aliphatic carbocycles. The van der Waals surface area contributed by atoms with E-state index in [-0.39, 0.29) is 0 Å². The quantitative estimate of drug-likeness (QED) is 0.750. The van der Waals surface area contributed by atoms with Crippen molar-refractivity contribution in [3.63, 3.8) is 0 Å². The van der Waals surface area contributed by atoms with Crippen LogP contribution in [-0.4, -0.2) is 12.6 Å². The van der Waals surface area contributed by atoms with Gasteiger partial charge in [0.25, 0.3) is 0 Å². The van der Waals surface area contributed by atoms with E-state index in [1.807, 2.05) is 0 Å². The van der Waals surface area contributed by atoms with Crippen LogP contribution in [0, 0.1) is 12.8 Å². The van der Waals surface area contributed by atoms with Crippen molar-refractivity contribution in [1.29, 1.82) is 0 Å². The topological polar surface area (TPSA) is 29.3 Å². The van der Waals surface area contributed by atoms with Crippen molar-refractivity contribution in [1.82, 2.24) is 0 Å². The minimum Gasteiger partial charge on any atom is -0.397 e. The first kappa shape index (κ1) is 10.9. The van der Waals surface area contributed by atoms with Gasteiger partial charge >= 0.3 is 0 Å². The molecule has 3 rings (SSSR count). The molecule has 1 saturated carbocycles. The summed E-state index contributed by atoms with van der Waals surface area (Å²) < 4.78 is 0. The summed E-state index contributed by atoms with van der Waals surface area (Å²) in [6, 6.07) is 7.18. The number of nitrogen functional groups attached to an aromatic ring is 1. The van der Waals surface area contributed by atoms with Crippen molar-refractivity contribution in [2.24, 2.45) is 5.92 Å². The molecule has 0 aromatic heterocycles. The zero-order chi connectivity index (χ0) is 11.8. The number of hydrogen-bond acceptors (Lipinski definition) is 2. The molecule has 2 N–H and O–H groups in total. The van der Waals surface area contributed by atoms with E-state index in [1.165, 1.54) is 49.9 Å². The number of piperidine rings is 1. The lowest BCUT2D eigenvalue weighted by molar-refractivity contribution is 0.363. The Morgan fingerprint density at radius 3 is 2.88 bits per heavy atom. The molecular formula is C15H22N2. The van der Waals surface area contributed by atoms with Gasteiger partial charge in [-0.25, -0.2) is 0 Å². The Hall–Kier alpha value is -1.18. The van der Waals surface area contributed by atoms with Crippen LogP contribution in [0.5, 0.6) is 0 Å². The molecule has 92 valence electrons. The van der Waals surface area contributed by atoms with Gasteiger partial charge in [-0.2, -0.15) is 0 Å². The first-order valence-electron chi connectivity index (χ1n) is 6.88. The van der Waals surface area contributed by atoms with Crippen LogP contribution >= 0.6 is 0 Å². The highest BCUT2D eigenvalue weighted by atomic mass is 15.2. The maximum atomic E-state index is 6.16. The highest BCUT2D eigenvalue weighted by Gasteiger charge is 2.35. The Labute approximate surface area is 104 Å². The third-order valence-corrected chi connectivity index (χ3v) is 4.49. The van der Waals surface area contributed by atoms with Crippen LogP contribution in [0.3, 0.4) is 0 Å². The second-order valence-electron chi connectivity index (χ2n) is 5.66. The van der Waals surface area contributed by atoms with Gasteiger partial charge in [0, 0.05) is 12.6 Å². The number of rotatable bonds is 1. The van der Waals surface area contributed by atoms with Crippen molar-refractivity contribution in [2.45, 2.75) is 45.1 Å². The Morgan fingerprint density at radius 2 is 2.00 bits per heavy atom. The van der Waals surface area contributed by atoms with Gasteiger partial charge in [0.1, 0.15) is 0 Å². The molecule has 1 aromatic carbocycles. The normalized spacial score (nSPS) is 28.2. The lowest BCUT2D eigenvalue weighted by atomic mass is 9.91. The van der Waals surface area contributed by atoms with E-state index in [4.69, 9.17) is 5.73 Å². The Kier molecular flexibility index (Phi) is 2.73. The molecule has 0 radical (unpaired) electrons. The van der Waals surface area contributed by atoms with Crippen molar-refractivity contribution in [2.75, 3.05) is 17.2 Å². The van der Waals surface area contributed by atoms with E-state index in [0.29, 0.717) is 0 Å². The fourth-order valence-corrected chi connectivity index (χ4v) is 3.66. The molecule has 0 bridgehead atoms. The highest BCUT2D eigenvalue weighted by Crippen LogP contribution is 2.40. The number of benzene rings is 1. The molecule has 2 aliphatic rings. The van der Waals surface area contributed by atoms with Crippen molar-refractivity contribution < 1.29 is 0 Å². The summed E-state index contributed by atoms with van der Waals surface area (Å²) in [6.45, 7) is 3.34. The summed E-state index contributed by atoms with van der Waals surface area (Å²) in [6.07, 6.45) is 6.93. The molecule has 1 saturated heterocycles. The van der Waals surface area contributed by atoms with Gasteiger partial charge in [0.15, 0.2) is 0 Å². The second-order valence-corrected chi connectivity index (χ2v) is 5.66. The highest BCUT2D eigenvalue weighted by molar-refractivity contribution is 5.69. The van der Waals surface area contributed by atoms with E-state index in [1.54, 1.807) is 0 Å². The third kappa shape index (κ3) is 1.90. The Morgan fingerprint density at radius 1 is 1.18 bits per heavy atom. The van der Waals surface area contributed by atoms with Crippen LogP contribution in [0.2, 0.25) is 0 Å². The average Bonchev–Trinajstić information content (AvgIpc) is 2.80. The molecule has 2 unspecified atom stereocenters. The second kappa shape index (κ2) is 4.25. The van der Waals surface area contributed by atoms with Crippen LogP contribution in [0.25, 0.3) is 0 Å². The molecule has 0 spiro atoms. The van der Waals surface area contributed by atoms with E-state index in [9.17, 15) is 0 Å². The van der Waals surface area contributed by atoms with E-state index in [2.05, 4.69) is 30.0 Å². The molecule has 0 amide bonds. The summed E-state index contributed by atoms with van der Waals surface area (Å²) in [4.78, 5) is 2.59. The van der Waals surface area contributed by atoms with Gasteiger partial charge in [-0.05, 0) is 56.2 Å². The van der Waals surface area contributed by atoms with Gasteiger partial charge in [0.05, 0.1) is 11.4 Å². The van der Waals surface area contributed by atoms with Gasteiger partial charge in [-0.3, -0.25) is 0 Å². The molecular weight excluding hydrogens is 208 g/mol. The molecule has 1 heterocycles. The van der Waals surface area contributed by atoms with E-state index < -0.39 is 0 Å². The molecule has 1 aliphatic heterocycles. The van der Waals surface area contributed by atoms with Crippen molar-refractivity contribution in [3.8, 4) is 0 Å². The lowest BCUT2D eigenvalue weighted by Crippen LogP contribution is -2.43. The van der Waals surface area contributed by atoms with Crippen LogP contribution in [-0.2, 0) is 0 Å². The summed E-state index contributed by atoms with van der Waals surface area (Å²) in [5, 5.41) is 0. The molecule has 2 fully saturated rings. The largest absolute Gasteiger partial charge is 0.397 e. The maximum absolute atomic E-state index is 6.16. The first-order chi connectivity index (χ1) is 8.25. The minimum absolute atomic E-state index is 0.757. The smallest absolute Gasteiger partial charge is 0.0605 e.